The zero-order valence-corrected chi connectivity index (χ0v) is 12.0. The first-order chi connectivity index (χ1) is 9.47. The Labute approximate surface area is 118 Å². The summed E-state index contributed by atoms with van der Waals surface area (Å²) in [4.78, 5) is 22.8. The molecule has 0 aliphatic carbocycles. The highest BCUT2D eigenvalue weighted by Crippen LogP contribution is 2.18. The Balaban J connectivity index is 1.95. The molecule has 2 amide bonds. The van der Waals surface area contributed by atoms with E-state index < -0.39 is 12.2 Å². The van der Waals surface area contributed by atoms with Gasteiger partial charge in [-0.2, -0.15) is 0 Å². The maximum absolute atomic E-state index is 11.9. The predicted octanol–water partition coefficient (Wildman–Crippen LogP) is 2.10. The van der Waals surface area contributed by atoms with Crippen molar-refractivity contribution in [3.63, 3.8) is 0 Å². The second-order valence-corrected chi connectivity index (χ2v) is 5.33. The highest BCUT2D eigenvalue weighted by atomic mass is 16.6. The fourth-order valence-electron chi connectivity index (χ4n) is 2.09. The molecule has 0 aromatic heterocycles. The molecule has 2 N–H and O–H groups in total. The summed E-state index contributed by atoms with van der Waals surface area (Å²) < 4.78 is 4.85. The van der Waals surface area contributed by atoms with E-state index in [1.165, 1.54) is 5.56 Å². The smallest absolute Gasteiger partial charge is 0.408 e. The van der Waals surface area contributed by atoms with E-state index in [0.29, 0.717) is 5.92 Å². The normalized spacial score (nSPS) is 19.4. The van der Waals surface area contributed by atoms with Gasteiger partial charge < -0.3 is 15.4 Å². The van der Waals surface area contributed by atoms with E-state index in [9.17, 15) is 9.59 Å². The standard InChI is InChI=1S/C15H20N2O3/c1-9(2)11-4-6-12(7-5-11)10(3)17-14(18)13-8-16-15(19)20-13/h4-7,9-10,13H,8H2,1-3H3,(H,16,19)(H,17,18)/t10?,13-/m0/s1. The molecule has 1 heterocycles. The minimum absolute atomic E-state index is 0.122. The maximum Gasteiger partial charge on any atom is 0.408 e. The lowest BCUT2D eigenvalue weighted by Gasteiger charge is -2.17. The number of benzene rings is 1. The molecule has 5 nitrogen and oxygen atoms in total. The molecule has 2 rings (SSSR count). The number of carbonyl (C=O) groups excluding carboxylic acids is 2. The third kappa shape index (κ3) is 3.29. The Morgan fingerprint density at radius 2 is 1.85 bits per heavy atom. The summed E-state index contributed by atoms with van der Waals surface area (Å²) in [6, 6.07) is 8.04. The van der Waals surface area contributed by atoms with Crippen molar-refractivity contribution in [1.82, 2.24) is 10.6 Å². The summed E-state index contributed by atoms with van der Waals surface area (Å²) in [5.74, 6) is 0.210. The minimum atomic E-state index is -0.736. The predicted molar refractivity (Wildman–Crippen MR) is 75.4 cm³/mol. The summed E-state index contributed by atoms with van der Waals surface area (Å²) in [6.45, 7) is 6.42. The first kappa shape index (κ1) is 14.4. The summed E-state index contributed by atoms with van der Waals surface area (Å²) >= 11 is 0. The molecule has 1 aromatic rings. The van der Waals surface area contributed by atoms with Crippen LogP contribution in [0.5, 0.6) is 0 Å². The molecular weight excluding hydrogens is 256 g/mol. The van der Waals surface area contributed by atoms with Gasteiger partial charge in [0.1, 0.15) is 0 Å². The Bertz CT molecular complexity index is 496. The number of hydrogen-bond donors (Lipinski definition) is 2. The lowest BCUT2D eigenvalue weighted by atomic mass is 9.99. The van der Waals surface area contributed by atoms with Crippen molar-refractivity contribution < 1.29 is 14.3 Å². The van der Waals surface area contributed by atoms with Crippen LogP contribution in [0.1, 0.15) is 43.9 Å². The van der Waals surface area contributed by atoms with E-state index in [0.717, 1.165) is 5.56 Å². The van der Waals surface area contributed by atoms with Gasteiger partial charge in [0.15, 0.2) is 6.10 Å². The van der Waals surface area contributed by atoms with Gasteiger partial charge in [-0.25, -0.2) is 4.79 Å². The molecule has 1 unspecified atom stereocenters. The number of rotatable bonds is 4. The SMILES string of the molecule is CC(C)c1ccc(C(C)NC(=O)[C@@H]2CNC(=O)O2)cc1. The molecule has 0 bridgehead atoms. The van der Waals surface area contributed by atoms with E-state index in [1.807, 2.05) is 19.1 Å². The van der Waals surface area contributed by atoms with E-state index in [-0.39, 0.29) is 18.5 Å². The van der Waals surface area contributed by atoms with Crippen molar-refractivity contribution >= 4 is 12.0 Å². The first-order valence-corrected chi connectivity index (χ1v) is 6.82. The highest BCUT2D eigenvalue weighted by molar-refractivity contribution is 5.86. The van der Waals surface area contributed by atoms with Crippen LogP contribution in [0.25, 0.3) is 0 Å². The van der Waals surface area contributed by atoms with E-state index >= 15 is 0 Å². The fraction of sp³-hybridized carbons (Fsp3) is 0.467. The van der Waals surface area contributed by atoms with Gasteiger partial charge in [-0.3, -0.25) is 4.79 Å². The number of hydrogen-bond acceptors (Lipinski definition) is 3. The van der Waals surface area contributed by atoms with Crippen LogP contribution < -0.4 is 10.6 Å². The van der Waals surface area contributed by atoms with Gasteiger partial charge in [-0.05, 0) is 24.0 Å². The number of cyclic esters (lactones) is 1. The number of alkyl carbamates (subject to hydrolysis) is 1. The monoisotopic (exact) mass is 276 g/mol. The van der Waals surface area contributed by atoms with Gasteiger partial charge in [0, 0.05) is 0 Å². The topological polar surface area (TPSA) is 67.4 Å². The van der Waals surface area contributed by atoms with Gasteiger partial charge in [-0.15, -0.1) is 0 Å². The molecule has 1 aliphatic rings. The first-order valence-electron chi connectivity index (χ1n) is 6.82. The number of carbonyl (C=O) groups is 2. The van der Waals surface area contributed by atoms with Crippen LogP contribution in [-0.4, -0.2) is 24.6 Å². The van der Waals surface area contributed by atoms with Gasteiger partial charge >= 0.3 is 6.09 Å². The molecule has 1 aromatic carbocycles. The Hall–Kier alpha value is -2.04. The second-order valence-electron chi connectivity index (χ2n) is 5.33. The van der Waals surface area contributed by atoms with Gasteiger partial charge in [0.05, 0.1) is 12.6 Å². The summed E-state index contributed by atoms with van der Waals surface area (Å²) in [5.41, 5.74) is 2.29. The molecule has 0 spiro atoms. The molecule has 2 atom stereocenters. The van der Waals surface area contributed by atoms with Gasteiger partial charge in [0.25, 0.3) is 5.91 Å². The van der Waals surface area contributed by atoms with Crippen LogP contribution >= 0.6 is 0 Å². The van der Waals surface area contributed by atoms with Gasteiger partial charge in [-0.1, -0.05) is 38.1 Å². The average molecular weight is 276 g/mol. The molecule has 1 saturated heterocycles. The van der Waals surface area contributed by atoms with E-state index in [2.05, 4.69) is 36.6 Å². The van der Waals surface area contributed by atoms with Crippen molar-refractivity contribution in [3.05, 3.63) is 35.4 Å². The van der Waals surface area contributed by atoms with E-state index in [4.69, 9.17) is 4.74 Å². The molecule has 108 valence electrons. The van der Waals surface area contributed by atoms with Crippen LogP contribution in [0.3, 0.4) is 0 Å². The largest absolute Gasteiger partial charge is 0.434 e. The van der Waals surface area contributed by atoms with Crippen molar-refractivity contribution in [2.75, 3.05) is 6.54 Å². The van der Waals surface area contributed by atoms with Crippen LogP contribution in [0.4, 0.5) is 4.79 Å². The van der Waals surface area contributed by atoms with Crippen molar-refractivity contribution in [2.24, 2.45) is 0 Å². The van der Waals surface area contributed by atoms with E-state index in [1.54, 1.807) is 0 Å². The van der Waals surface area contributed by atoms with Crippen LogP contribution in [0.15, 0.2) is 24.3 Å². The van der Waals surface area contributed by atoms with Gasteiger partial charge in [0.2, 0.25) is 0 Å². The summed E-state index contributed by atoms with van der Waals surface area (Å²) in [5, 5.41) is 5.31. The Morgan fingerprint density at radius 1 is 1.25 bits per heavy atom. The number of nitrogens with one attached hydrogen (secondary N) is 2. The zero-order chi connectivity index (χ0) is 14.7. The molecule has 0 saturated carbocycles. The third-order valence-corrected chi connectivity index (χ3v) is 3.44. The van der Waals surface area contributed by atoms with Crippen molar-refractivity contribution in [3.8, 4) is 0 Å². The zero-order valence-electron chi connectivity index (χ0n) is 12.0. The highest BCUT2D eigenvalue weighted by Gasteiger charge is 2.30. The number of ether oxygens (including phenoxy) is 1. The molecule has 0 radical (unpaired) electrons. The number of amides is 2. The van der Waals surface area contributed by atoms with Crippen molar-refractivity contribution in [2.45, 2.75) is 38.8 Å². The molecular formula is C15H20N2O3. The maximum atomic E-state index is 11.9. The molecule has 1 fully saturated rings. The van der Waals surface area contributed by atoms with Crippen LogP contribution in [0, 0.1) is 0 Å². The lowest BCUT2D eigenvalue weighted by molar-refractivity contribution is -0.128. The molecule has 1 aliphatic heterocycles. The van der Waals surface area contributed by atoms with Crippen LogP contribution in [0.2, 0.25) is 0 Å². The quantitative estimate of drug-likeness (QED) is 0.885. The Morgan fingerprint density at radius 3 is 2.35 bits per heavy atom. The second kappa shape index (κ2) is 5.94. The summed E-state index contributed by atoms with van der Waals surface area (Å²) in [7, 11) is 0. The average Bonchev–Trinajstić information content (AvgIpc) is 2.85. The lowest BCUT2D eigenvalue weighted by Crippen LogP contribution is -2.38. The molecule has 5 heteroatoms. The Kier molecular flexibility index (Phi) is 4.27. The summed E-state index contributed by atoms with van der Waals surface area (Å²) in [6.07, 6.45) is -1.28. The van der Waals surface area contributed by atoms with Crippen molar-refractivity contribution in [1.29, 1.82) is 0 Å². The molecule has 20 heavy (non-hydrogen) atoms. The third-order valence-electron chi connectivity index (χ3n) is 3.44. The minimum Gasteiger partial charge on any atom is -0.434 e. The van der Waals surface area contributed by atoms with Crippen LogP contribution in [-0.2, 0) is 9.53 Å². The fourth-order valence-corrected chi connectivity index (χ4v) is 2.09.